The molecule has 3 aromatic rings. The second-order valence-corrected chi connectivity index (χ2v) is 5.61. The summed E-state index contributed by atoms with van der Waals surface area (Å²) in [5.41, 5.74) is 2.46. The lowest BCUT2D eigenvalue weighted by molar-refractivity contribution is 0.271. The molecule has 6 heteroatoms. The van der Waals surface area contributed by atoms with Gasteiger partial charge in [0.2, 0.25) is 0 Å². The summed E-state index contributed by atoms with van der Waals surface area (Å²) in [4.78, 5) is 22.5. The average molecular weight is 326 g/mol. The van der Waals surface area contributed by atoms with Crippen molar-refractivity contribution in [3.05, 3.63) is 59.3 Å². The maximum absolute atomic E-state index is 11.3. The Morgan fingerprint density at radius 2 is 1.83 bits per heavy atom. The van der Waals surface area contributed by atoms with Crippen molar-refractivity contribution in [2.24, 2.45) is 0 Å². The van der Waals surface area contributed by atoms with Crippen molar-refractivity contribution in [2.75, 3.05) is 37.6 Å². The Hall–Kier alpha value is -2.60. The highest BCUT2D eigenvalue weighted by Gasteiger charge is 2.19. The summed E-state index contributed by atoms with van der Waals surface area (Å²) < 4.78 is 5.24. The average Bonchev–Trinajstić information content (AvgIpc) is 3.04. The van der Waals surface area contributed by atoms with E-state index < -0.39 is 0 Å². The molecule has 1 aliphatic heterocycles. The van der Waals surface area contributed by atoms with Crippen molar-refractivity contribution < 1.29 is 4.42 Å². The van der Waals surface area contributed by atoms with Gasteiger partial charge in [0.15, 0.2) is 5.58 Å². The van der Waals surface area contributed by atoms with Crippen LogP contribution in [0.25, 0.3) is 11.1 Å². The molecule has 1 N–H and O–H groups in total. The third-order valence-corrected chi connectivity index (χ3v) is 4.15. The maximum atomic E-state index is 11.3. The minimum atomic E-state index is -0.385. The quantitative estimate of drug-likeness (QED) is 0.783. The maximum Gasteiger partial charge on any atom is 0.417 e. The normalized spacial score (nSPS) is 15.1. The van der Waals surface area contributed by atoms with Crippen LogP contribution in [0.3, 0.4) is 0 Å². The molecule has 1 saturated heterocycles. The van der Waals surface area contributed by atoms with Crippen LogP contribution in [0.2, 0.25) is 0 Å². The summed E-state index contributed by atoms with van der Waals surface area (Å²) in [6.07, 6.45) is 3.50. The number of likely N-dealkylation sites (N-methyl/N-ethyl adjacent to an activating group) is 1. The third-order valence-electron chi connectivity index (χ3n) is 4.15. The Morgan fingerprint density at radius 3 is 2.42 bits per heavy atom. The Morgan fingerprint density at radius 1 is 1.08 bits per heavy atom. The second-order valence-electron chi connectivity index (χ2n) is 5.61. The van der Waals surface area contributed by atoms with Crippen molar-refractivity contribution in [1.82, 2.24) is 14.9 Å². The first kappa shape index (κ1) is 16.3. The number of nitrogens with one attached hydrogen (secondary N) is 1. The van der Waals surface area contributed by atoms with Crippen LogP contribution in [0.1, 0.15) is 6.92 Å². The minimum Gasteiger partial charge on any atom is -0.406 e. The van der Waals surface area contributed by atoms with E-state index in [1.54, 1.807) is 12.4 Å². The van der Waals surface area contributed by atoms with Gasteiger partial charge in [-0.1, -0.05) is 19.1 Å². The Labute approximate surface area is 140 Å². The van der Waals surface area contributed by atoms with Gasteiger partial charge in [0.25, 0.3) is 0 Å². The van der Waals surface area contributed by atoms with Crippen molar-refractivity contribution in [3.63, 3.8) is 0 Å². The number of aromatic amines is 1. The highest BCUT2D eigenvalue weighted by atomic mass is 16.4. The number of oxazole rings is 1. The van der Waals surface area contributed by atoms with Gasteiger partial charge in [0.1, 0.15) is 0 Å². The molecule has 0 aliphatic carbocycles. The van der Waals surface area contributed by atoms with Crippen LogP contribution < -0.4 is 10.7 Å². The number of hydrogen-bond donors (Lipinski definition) is 1. The number of H-pyrrole nitrogens is 1. The second kappa shape index (κ2) is 7.79. The van der Waals surface area contributed by atoms with Crippen LogP contribution in [0.4, 0.5) is 5.69 Å². The van der Waals surface area contributed by atoms with Crippen LogP contribution in [0.5, 0.6) is 0 Å². The summed E-state index contributed by atoms with van der Waals surface area (Å²) in [5.74, 6) is -0.385. The molecule has 126 valence electrons. The largest absolute Gasteiger partial charge is 0.417 e. The van der Waals surface area contributed by atoms with Gasteiger partial charge < -0.3 is 14.2 Å². The fraction of sp³-hybridized carbons (Fsp3) is 0.333. The lowest BCUT2D eigenvalue weighted by Gasteiger charge is -2.35. The number of aromatic nitrogens is 2. The standard InChI is InChI=1S/C13H17N3O2.C5H5N/c1-2-15-6-8-16(9-7-15)11-5-3-4-10-12(11)18-13(17)14-10;1-2-4-6-5-3-1/h3-5H,2,6-9H2,1H3,(H,14,17);1-5H. The summed E-state index contributed by atoms with van der Waals surface area (Å²) in [6.45, 7) is 7.34. The summed E-state index contributed by atoms with van der Waals surface area (Å²) in [5, 5.41) is 0. The lowest BCUT2D eigenvalue weighted by Crippen LogP contribution is -2.46. The molecular formula is C18H22N4O2. The van der Waals surface area contributed by atoms with E-state index in [1.165, 1.54) is 0 Å². The molecule has 0 unspecified atom stereocenters. The van der Waals surface area contributed by atoms with Crippen LogP contribution in [0.15, 0.2) is 58.0 Å². The third kappa shape index (κ3) is 3.83. The first-order valence-electron chi connectivity index (χ1n) is 8.22. The van der Waals surface area contributed by atoms with E-state index >= 15 is 0 Å². The van der Waals surface area contributed by atoms with Crippen LogP contribution in [-0.4, -0.2) is 47.6 Å². The van der Waals surface area contributed by atoms with Crippen LogP contribution in [0, 0.1) is 0 Å². The predicted octanol–water partition coefficient (Wildman–Crippen LogP) is 2.34. The highest BCUT2D eigenvalue weighted by molar-refractivity contribution is 5.86. The zero-order chi connectivity index (χ0) is 16.8. The highest BCUT2D eigenvalue weighted by Crippen LogP contribution is 2.25. The molecule has 1 aliphatic rings. The zero-order valence-corrected chi connectivity index (χ0v) is 13.8. The fourth-order valence-electron chi connectivity index (χ4n) is 2.83. The molecule has 0 saturated carbocycles. The molecular weight excluding hydrogens is 304 g/mol. The molecule has 0 radical (unpaired) electrons. The fourth-order valence-corrected chi connectivity index (χ4v) is 2.83. The molecule has 6 nitrogen and oxygen atoms in total. The number of nitrogens with zero attached hydrogens (tertiary/aromatic N) is 3. The molecule has 0 atom stereocenters. The molecule has 24 heavy (non-hydrogen) atoms. The first-order chi connectivity index (χ1) is 11.8. The SMILES string of the molecule is CCN1CCN(c2cccc3[nH]c(=O)oc23)CC1.c1ccncc1. The Balaban J connectivity index is 0.000000238. The Kier molecular flexibility index (Phi) is 5.28. The predicted molar refractivity (Wildman–Crippen MR) is 95.4 cm³/mol. The monoisotopic (exact) mass is 326 g/mol. The van der Waals surface area contributed by atoms with Gasteiger partial charge in [-0.05, 0) is 30.8 Å². The van der Waals surface area contributed by atoms with E-state index in [0.29, 0.717) is 5.58 Å². The van der Waals surface area contributed by atoms with E-state index in [9.17, 15) is 4.79 Å². The van der Waals surface area contributed by atoms with Crippen LogP contribution >= 0.6 is 0 Å². The molecule has 1 fully saturated rings. The van der Waals surface area contributed by atoms with Crippen LogP contribution in [-0.2, 0) is 0 Å². The lowest BCUT2D eigenvalue weighted by atomic mass is 10.2. The zero-order valence-electron chi connectivity index (χ0n) is 13.8. The number of fused-ring (bicyclic) bond motifs is 1. The number of para-hydroxylation sites is 1. The molecule has 4 rings (SSSR count). The van der Waals surface area contributed by atoms with E-state index in [-0.39, 0.29) is 5.76 Å². The van der Waals surface area contributed by atoms with Gasteiger partial charge in [0.05, 0.1) is 11.2 Å². The topological polar surface area (TPSA) is 65.4 Å². The Bertz CT molecular complexity index is 778. The van der Waals surface area contributed by atoms with E-state index in [4.69, 9.17) is 4.42 Å². The van der Waals surface area contributed by atoms with E-state index in [2.05, 4.69) is 26.7 Å². The molecule has 0 amide bonds. The molecule has 0 bridgehead atoms. The number of hydrogen-bond acceptors (Lipinski definition) is 5. The van der Waals surface area contributed by atoms with Gasteiger partial charge in [0, 0.05) is 38.6 Å². The summed E-state index contributed by atoms with van der Waals surface area (Å²) in [6, 6.07) is 11.6. The van der Waals surface area contributed by atoms with E-state index in [1.807, 2.05) is 36.4 Å². The molecule has 3 heterocycles. The molecule has 2 aromatic heterocycles. The van der Waals surface area contributed by atoms with Crippen molar-refractivity contribution >= 4 is 16.8 Å². The minimum absolute atomic E-state index is 0.385. The van der Waals surface area contributed by atoms with E-state index in [0.717, 1.165) is 43.9 Å². The molecule has 0 spiro atoms. The molecule has 1 aromatic carbocycles. The number of rotatable bonds is 2. The van der Waals surface area contributed by atoms with Crippen molar-refractivity contribution in [3.8, 4) is 0 Å². The van der Waals surface area contributed by atoms with Crippen molar-refractivity contribution in [1.29, 1.82) is 0 Å². The number of benzene rings is 1. The number of anilines is 1. The van der Waals surface area contributed by atoms with Gasteiger partial charge >= 0.3 is 5.76 Å². The number of pyridine rings is 1. The van der Waals surface area contributed by atoms with Gasteiger partial charge in [-0.15, -0.1) is 0 Å². The summed E-state index contributed by atoms with van der Waals surface area (Å²) >= 11 is 0. The van der Waals surface area contributed by atoms with Gasteiger partial charge in [-0.2, -0.15) is 0 Å². The summed E-state index contributed by atoms with van der Waals surface area (Å²) in [7, 11) is 0. The number of piperazine rings is 1. The van der Waals surface area contributed by atoms with Gasteiger partial charge in [-0.3, -0.25) is 9.97 Å². The van der Waals surface area contributed by atoms with Crippen molar-refractivity contribution in [2.45, 2.75) is 6.92 Å². The smallest absolute Gasteiger partial charge is 0.406 e. The van der Waals surface area contributed by atoms with Gasteiger partial charge in [-0.25, -0.2) is 4.79 Å². The first-order valence-corrected chi connectivity index (χ1v) is 8.22.